The van der Waals surface area contributed by atoms with Gasteiger partial charge in [-0.2, -0.15) is 11.8 Å². The molecule has 4 aromatic rings. The lowest BCUT2D eigenvalue weighted by atomic mass is 10.2. The predicted octanol–water partition coefficient (Wildman–Crippen LogP) is 6.38. The van der Waals surface area contributed by atoms with Gasteiger partial charge in [-0.1, -0.05) is 60.1 Å². The maximum atomic E-state index is 13.5. The Hall–Kier alpha value is -3.46. The highest BCUT2D eigenvalue weighted by Crippen LogP contribution is 2.28. The topological polar surface area (TPSA) is 75.7 Å². The summed E-state index contributed by atoms with van der Waals surface area (Å²) >= 11 is 7.68. The van der Waals surface area contributed by atoms with E-state index >= 15 is 0 Å². The maximum Gasteiger partial charge on any atom is 0.264 e. The molecule has 0 saturated heterocycles. The number of rotatable bonds is 12. The number of hydrogen-bond acceptors (Lipinski definition) is 5. The van der Waals surface area contributed by atoms with Crippen LogP contribution >= 0.6 is 23.4 Å². The van der Waals surface area contributed by atoms with Gasteiger partial charge in [0, 0.05) is 23.1 Å². The molecule has 38 heavy (non-hydrogen) atoms. The van der Waals surface area contributed by atoms with E-state index in [0.29, 0.717) is 34.5 Å². The van der Waals surface area contributed by atoms with Gasteiger partial charge >= 0.3 is 0 Å². The summed E-state index contributed by atoms with van der Waals surface area (Å²) in [5, 5.41) is 3.52. The number of carbonyl (C=O) groups excluding carboxylic acids is 1. The minimum absolute atomic E-state index is 0.106. The van der Waals surface area contributed by atoms with E-state index in [1.807, 2.05) is 54.6 Å². The Morgan fingerprint density at radius 2 is 1.50 bits per heavy atom. The third-order valence-corrected chi connectivity index (χ3v) is 8.50. The Morgan fingerprint density at radius 1 is 0.842 bits per heavy atom. The molecular weight excluding hydrogens is 540 g/mol. The molecule has 0 fully saturated rings. The molecule has 0 spiro atoms. The van der Waals surface area contributed by atoms with Gasteiger partial charge in [0.05, 0.1) is 10.6 Å². The van der Waals surface area contributed by atoms with Crippen LogP contribution in [0.2, 0.25) is 5.02 Å². The number of nitrogens with one attached hydrogen (secondary N) is 1. The second kappa shape index (κ2) is 13.4. The third-order valence-electron chi connectivity index (χ3n) is 5.45. The summed E-state index contributed by atoms with van der Waals surface area (Å²) in [5.74, 6) is 2.27. The molecule has 0 aliphatic heterocycles. The Morgan fingerprint density at radius 3 is 2.18 bits per heavy atom. The summed E-state index contributed by atoms with van der Waals surface area (Å²) in [7, 11) is -3.98. The van der Waals surface area contributed by atoms with Gasteiger partial charge in [-0.3, -0.25) is 9.10 Å². The number of nitrogens with zero attached hydrogens (tertiary/aromatic N) is 1. The number of ether oxygens (including phenoxy) is 1. The minimum Gasteiger partial charge on any atom is -0.457 e. The van der Waals surface area contributed by atoms with Gasteiger partial charge in [-0.25, -0.2) is 8.42 Å². The molecule has 0 aliphatic rings. The van der Waals surface area contributed by atoms with Crippen LogP contribution < -0.4 is 14.4 Å². The second-order valence-corrected chi connectivity index (χ2v) is 11.7. The Kier molecular flexibility index (Phi) is 9.70. The summed E-state index contributed by atoms with van der Waals surface area (Å²) in [5.41, 5.74) is 1.47. The zero-order valence-electron chi connectivity index (χ0n) is 20.5. The summed E-state index contributed by atoms with van der Waals surface area (Å²) in [6.45, 7) is 0.0578. The first kappa shape index (κ1) is 27.6. The van der Waals surface area contributed by atoms with Crippen LogP contribution in [0.4, 0.5) is 5.69 Å². The lowest BCUT2D eigenvalue weighted by Gasteiger charge is -2.24. The normalized spacial score (nSPS) is 11.1. The van der Waals surface area contributed by atoms with Crippen LogP contribution in [0.25, 0.3) is 0 Å². The fourth-order valence-corrected chi connectivity index (χ4v) is 6.07. The van der Waals surface area contributed by atoms with Crippen molar-refractivity contribution in [2.75, 3.05) is 23.1 Å². The van der Waals surface area contributed by atoms with Crippen molar-refractivity contribution in [1.29, 1.82) is 0 Å². The van der Waals surface area contributed by atoms with E-state index in [2.05, 4.69) is 5.32 Å². The van der Waals surface area contributed by atoms with Gasteiger partial charge in [-0.05, 0) is 66.2 Å². The van der Waals surface area contributed by atoms with Crippen molar-refractivity contribution in [1.82, 2.24) is 5.32 Å². The van der Waals surface area contributed by atoms with Crippen LogP contribution in [0.3, 0.4) is 0 Å². The molecule has 6 nitrogen and oxygen atoms in total. The third kappa shape index (κ3) is 7.77. The standard InChI is InChI=1S/C29H27ClN2O4S2/c30-24-9-7-8-23(20-24)22-37-19-18-31-29(33)21-32(38(34,35)28-12-5-2-6-13-28)25-14-16-27(17-15-25)36-26-10-3-1-4-11-26/h1-17,20H,18-19,21-22H2,(H,31,33). The number of anilines is 1. The van der Waals surface area contributed by atoms with Crippen molar-refractivity contribution >= 4 is 45.0 Å². The van der Waals surface area contributed by atoms with E-state index in [4.69, 9.17) is 16.3 Å². The van der Waals surface area contributed by atoms with Crippen molar-refractivity contribution in [2.45, 2.75) is 10.6 Å². The molecule has 4 rings (SSSR count). The maximum absolute atomic E-state index is 13.5. The van der Waals surface area contributed by atoms with Gasteiger partial charge in [0.1, 0.15) is 18.0 Å². The number of carbonyl (C=O) groups is 1. The number of amides is 1. The number of halogens is 1. The van der Waals surface area contributed by atoms with Crippen LogP contribution in [-0.2, 0) is 20.6 Å². The summed E-state index contributed by atoms with van der Waals surface area (Å²) in [4.78, 5) is 12.9. The molecule has 0 saturated carbocycles. The van der Waals surface area contributed by atoms with Crippen LogP contribution in [-0.4, -0.2) is 33.2 Å². The highest BCUT2D eigenvalue weighted by molar-refractivity contribution is 7.98. The summed E-state index contributed by atoms with van der Waals surface area (Å²) in [6, 6.07) is 31.6. The Balaban J connectivity index is 1.42. The van der Waals surface area contributed by atoms with E-state index in [1.54, 1.807) is 54.2 Å². The first-order chi connectivity index (χ1) is 18.4. The molecule has 9 heteroatoms. The largest absolute Gasteiger partial charge is 0.457 e. The molecule has 4 aromatic carbocycles. The number of benzene rings is 4. The highest BCUT2D eigenvalue weighted by atomic mass is 35.5. The van der Waals surface area contributed by atoms with Gasteiger partial charge in [0.15, 0.2) is 0 Å². The molecule has 0 radical (unpaired) electrons. The Bertz CT molecular complexity index is 1430. The van der Waals surface area contributed by atoms with Gasteiger partial charge in [-0.15, -0.1) is 0 Å². The average molecular weight is 567 g/mol. The van der Waals surface area contributed by atoms with E-state index in [9.17, 15) is 13.2 Å². The van der Waals surface area contributed by atoms with Crippen LogP contribution in [0.5, 0.6) is 11.5 Å². The highest BCUT2D eigenvalue weighted by Gasteiger charge is 2.27. The zero-order valence-corrected chi connectivity index (χ0v) is 22.9. The van der Waals surface area contributed by atoms with Gasteiger partial charge in [0.25, 0.3) is 10.0 Å². The lowest BCUT2D eigenvalue weighted by molar-refractivity contribution is -0.119. The summed E-state index contributed by atoms with van der Waals surface area (Å²) in [6.07, 6.45) is 0. The van der Waals surface area contributed by atoms with Gasteiger partial charge in [0.2, 0.25) is 5.91 Å². The molecule has 0 aromatic heterocycles. The molecule has 0 bridgehead atoms. The first-order valence-electron chi connectivity index (χ1n) is 11.9. The van der Waals surface area contributed by atoms with Crippen molar-refractivity contribution in [2.24, 2.45) is 0 Å². The smallest absolute Gasteiger partial charge is 0.264 e. The van der Waals surface area contributed by atoms with E-state index in [-0.39, 0.29) is 11.4 Å². The van der Waals surface area contributed by atoms with E-state index < -0.39 is 15.9 Å². The van der Waals surface area contributed by atoms with Crippen LogP contribution in [0.1, 0.15) is 5.56 Å². The van der Waals surface area contributed by atoms with Gasteiger partial charge < -0.3 is 10.1 Å². The quantitative estimate of drug-likeness (QED) is 0.201. The SMILES string of the molecule is O=C(CN(c1ccc(Oc2ccccc2)cc1)S(=O)(=O)c1ccccc1)NCCSCc1cccc(Cl)c1. The minimum atomic E-state index is -3.98. The van der Waals surface area contributed by atoms with Crippen molar-refractivity contribution in [3.63, 3.8) is 0 Å². The number of sulfonamides is 1. The fraction of sp³-hybridized carbons (Fsp3) is 0.138. The molecule has 1 amide bonds. The number of hydrogen-bond donors (Lipinski definition) is 1. The molecule has 0 aliphatic carbocycles. The number of para-hydroxylation sites is 1. The fourth-order valence-electron chi connectivity index (χ4n) is 3.61. The average Bonchev–Trinajstić information content (AvgIpc) is 2.93. The molecule has 1 N–H and O–H groups in total. The molecule has 0 heterocycles. The predicted molar refractivity (Wildman–Crippen MR) is 155 cm³/mol. The monoisotopic (exact) mass is 566 g/mol. The summed E-state index contributed by atoms with van der Waals surface area (Å²) < 4.78 is 33.9. The molecular formula is C29H27ClN2O4S2. The molecule has 0 atom stereocenters. The molecule has 0 unspecified atom stereocenters. The van der Waals surface area contributed by atoms with E-state index in [1.165, 1.54) is 12.1 Å². The zero-order chi connectivity index (χ0) is 26.8. The Labute approximate surface area is 232 Å². The van der Waals surface area contributed by atoms with E-state index in [0.717, 1.165) is 15.6 Å². The molecule has 196 valence electrons. The first-order valence-corrected chi connectivity index (χ1v) is 14.9. The van der Waals surface area contributed by atoms with Crippen molar-refractivity contribution in [3.05, 3.63) is 120 Å². The van der Waals surface area contributed by atoms with Crippen molar-refractivity contribution in [3.8, 4) is 11.5 Å². The second-order valence-electron chi connectivity index (χ2n) is 8.27. The number of thioether (sulfide) groups is 1. The van der Waals surface area contributed by atoms with Crippen LogP contribution in [0.15, 0.2) is 114 Å². The lowest BCUT2D eigenvalue weighted by Crippen LogP contribution is -2.41. The van der Waals surface area contributed by atoms with Crippen molar-refractivity contribution < 1.29 is 17.9 Å². The van der Waals surface area contributed by atoms with Crippen LogP contribution in [0, 0.1) is 0 Å².